The molecule has 0 spiro atoms. The molecule has 1 saturated carbocycles. The number of aromatic nitrogens is 4. The molecule has 9 heteroatoms. The third-order valence-electron chi connectivity index (χ3n) is 5.10. The van der Waals surface area contributed by atoms with Crippen molar-refractivity contribution in [3.05, 3.63) is 51.1 Å². The van der Waals surface area contributed by atoms with Gasteiger partial charge in [-0.15, -0.1) is 0 Å². The molecule has 1 aliphatic carbocycles. The van der Waals surface area contributed by atoms with E-state index >= 15 is 0 Å². The van der Waals surface area contributed by atoms with Crippen LogP contribution >= 0.6 is 12.2 Å². The van der Waals surface area contributed by atoms with Crippen LogP contribution in [0.1, 0.15) is 56.8 Å². The Morgan fingerprint density at radius 2 is 2.14 bits per heavy atom. The van der Waals surface area contributed by atoms with Crippen LogP contribution in [0.3, 0.4) is 0 Å². The first-order valence-electron chi connectivity index (χ1n) is 9.78. The number of amides is 1. The van der Waals surface area contributed by atoms with Crippen LogP contribution in [-0.4, -0.2) is 25.6 Å². The summed E-state index contributed by atoms with van der Waals surface area (Å²) in [6.07, 6.45) is 2.28. The average Bonchev–Trinajstić information content (AvgIpc) is 3.43. The van der Waals surface area contributed by atoms with Gasteiger partial charge in [0.25, 0.3) is 5.56 Å². The molecule has 0 radical (unpaired) electrons. The minimum absolute atomic E-state index is 0.0812. The number of benzene rings is 1. The van der Waals surface area contributed by atoms with Crippen LogP contribution < -0.4 is 10.9 Å². The van der Waals surface area contributed by atoms with Crippen molar-refractivity contribution < 1.29 is 9.32 Å². The highest BCUT2D eigenvalue weighted by molar-refractivity contribution is 7.71. The van der Waals surface area contributed by atoms with Crippen molar-refractivity contribution in [2.24, 2.45) is 5.92 Å². The molecular formula is C20H23N5O3S. The first-order chi connectivity index (χ1) is 13.9. The second-order valence-electron chi connectivity index (χ2n) is 7.74. The van der Waals surface area contributed by atoms with Gasteiger partial charge in [-0.2, -0.15) is 4.98 Å². The standard InChI is InChI=1S/C20H23N5O3S/c1-11(2)16(18-23-17(24-28-18)12-7-8-12)22-15(26)9-10-25-19(27)13-5-3-4-6-14(13)21-20(25)29/h3-6,11-12,16H,7-10H2,1-2H3,(H,21,29)(H,22,26). The second kappa shape index (κ2) is 7.90. The molecule has 152 valence electrons. The highest BCUT2D eigenvalue weighted by Gasteiger charge is 2.31. The van der Waals surface area contributed by atoms with E-state index in [0.29, 0.717) is 33.3 Å². The van der Waals surface area contributed by atoms with Crippen molar-refractivity contribution in [1.29, 1.82) is 0 Å². The lowest BCUT2D eigenvalue weighted by atomic mass is 10.0. The highest BCUT2D eigenvalue weighted by Crippen LogP contribution is 2.38. The fraction of sp³-hybridized carbons (Fsp3) is 0.450. The zero-order valence-corrected chi connectivity index (χ0v) is 17.2. The Bertz CT molecular complexity index is 1160. The first kappa shape index (κ1) is 19.5. The lowest BCUT2D eigenvalue weighted by Gasteiger charge is -2.18. The number of para-hydroxylation sites is 1. The van der Waals surface area contributed by atoms with Gasteiger partial charge in [-0.05, 0) is 43.1 Å². The van der Waals surface area contributed by atoms with Crippen molar-refractivity contribution in [2.75, 3.05) is 0 Å². The zero-order valence-electron chi connectivity index (χ0n) is 16.3. The number of carbonyl (C=O) groups is 1. The van der Waals surface area contributed by atoms with E-state index in [1.165, 1.54) is 4.57 Å². The summed E-state index contributed by atoms with van der Waals surface area (Å²) >= 11 is 5.30. The highest BCUT2D eigenvalue weighted by atomic mass is 32.1. The van der Waals surface area contributed by atoms with E-state index in [1.807, 2.05) is 19.9 Å². The number of fused-ring (bicyclic) bond motifs is 1. The maximum atomic E-state index is 12.7. The first-order valence-corrected chi connectivity index (χ1v) is 10.2. The largest absolute Gasteiger partial charge is 0.344 e. The predicted octanol–water partition coefficient (Wildman–Crippen LogP) is 3.22. The third-order valence-corrected chi connectivity index (χ3v) is 5.42. The normalized spacial score (nSPS) is 15.0. The fourth-order valence-corrected chi connectivity index (χ4v) is 3.54. The number of H-pyrrole nitrogens is 1. The van der Waals surface area contributed by atoms with Gasteiger partial charge < -0.3 is 14.8 Å². The Balaban J connectivity index is 1.47. The SMILES string of the molecule is CC(C)C(NC(=O)CCn1c(=S)[nH]c2ccccc2c1=O)c1nc(C2CC2)no1. The van der Waals surface area contributed by atoms with E-state index in [-0.39, 0.29) is 36.4 Å². The number of hydrogen-bond donors (Lipinski definition) is 2. The van der Waals surface area contributed by atoms with Crippen LogP contribution in [0.5, 0.6) is 0 Å². The van der Waals surface area contributed by atoms with Gasteiger partial charge in [-0.1, -0.05) is 31.1 Å². The minimum atomic E-state index is -0.370. The summed E-state index contributed by atoms with van der Waals surface area (Å²) in [4.78, 5) is 32.8. The topological polar surface area (TPSA) is 106 Å². The van der Waals surface area contributed by atoms with E-state index in [9.17, 15) is 9.59 Å². The number of rotatable bonds is 7. The Kier molecular flexibility index (Phi) is 5.31. The van der Waals surface area contributed by atoms with Gasteiger partial charge in [0.05, 0.1) is 10.9 Å². The number of nitrogens with one attached hydrogen (secondary N) is 2. The summed E-state index contributed by atoms with van der Waals surface area (Å²) in [6, 6.07) is 6.80. The van der Waals surface area contributed by atoms with Gasteiger partial charge in [-0.25, -0.2) is 0 Å². The number of nitrogens with zero attached hydrogens (tertiary/aromatic N) is 3. The molecule has 4 rings (SSSR count). The molecule has 0 aliphatic heterocycles. The Morgan fingerprint density at radius 3 is 2.86 bits per heavy atom. The van der Waals surface area contributed by atoms with Crippen molar-refractivity contribution in [1.82, 2.24) is 25.0 Å². The van der Waals surface area contributed by atoms with Crippen molar-refractivity contribution in [2.45, 2.75) is 51.6 Å². The summed E-state index contributed by atoms with van der Waals surface area (Å²) in [5, 5.41) is 7.53. The van der Waals surface area contributed by atoms with Gasteiger partial charge in [0.2, 0.25) is 11.8 Å². The molecule has 3 aromatic rings. The molecule has 2 N–H and O–H groups in total. The van der Waals surface area contributed by atoms with Crippen molar-refractivity contribution in [3.8, 4) is 0 Å². The molecular weight excluding hydrogens is 390 g/mol. The molecule has 29 heavy (non-hydrogen) atoms. The number of aromatic amines is 1. The smallest absolute Gasteiger partial charge is 0.262 e. The molecule has 1 aromatic carbocycles. The van der Waals surface area contributed by atoms with Crippen LogP contribution in [0.4, 0.5) is 0 Å². The molecule has 1 unspecified atom stereocenters. The monoisotopic (exact) mass is 413 g/mol. The molecule has 8 nitrogen and oxygen atoms in total. The van der Waals surface area contributed by atoms with E-state index in [2.05, 4.69) is 20.4 Å². The maximum Gasteiger partial charge on any atom is 0.262 e. The molecule has 2 heterocycles. The Hall–Kier alpha value is -2.81. The van der Waals surface area contributed by atoms with Gasteiger partial charge in [-0.3, -0.25) is 14.2 Å². The lowest BCUT2D eigenvalue weighted by Crippen LogP contribution is -2.33. The van der Waals surface area contributed by atoms with E-state index in [0.717, 1.165) is 12.8 Å². The van der Waals surface area contributed by atoms with Crippen molar-refractivity contribution >= 4 is 29.0 Å². The predicted molar refractivity (Wildman–Crippen MR) is 110 cm³/mol. The minimum Gasteiger partial charge on any atom is -0.344 e. The van der Waals surface area contributed by atoms with Crippen LogP contribution in [0.2, 0.25) is 0 Å². The van der Waals surface area contributed by atoms with E-state index in [1.54, 1.807) is 18.2 Å². The lowest BCUT2D eigenvalue weighted by molar-refractivity contribution is -0.122. The molecule has 1 fully saturated rings. The van der Waals surface area contributed by atoms with Crippen LogP contribution in [0.15, 0.2) is 33.6 Å². The zero-order chi connectivity index (χ0) is 20.5. The molecule has 0 bridgehead atoms. The van der Waals surface area contributed by atoms with Crippen LogP contribution in [0.25, 0.3) is 10.9 Å². The van der Waals surface area contributed by atoms with Gasteiger partial charge >= 0.3 is 0 Å². The second-order valence-corrected chi connectivity index (χ2v) is 8.12. The quantitative estimate of drug-likeness (QED) is 0.576. The summed E-state index contributed by atoms with van der Waals surface area (Å²) < 4.78 is 7.10. The Labute approximate surface area is 172 Å². The molecule has 1 atom stereocenters. The van der Waals surface area contributed by atoms with Gasteiger partial charge in [0, 0.05) is 18.9 Å². The maximum absolute atomic E-state index is 12.7. The van der Waals surface area contributed by atoms with Crippen molar-refractivity contribution in [3.63, 3.8) is 0 Å². The summed E-state index contributed by atoms with van der Waals surface area (Å²) in [7, 11) is 0. The van der Waals surface area contributed by atoms with E-state index in [4.69, 9.17) is 16.7 Å². The number of hydrogen-bond acceptors (Lipinski definition) is 6. The van der Waals surface area contributed by atoms with Crippen LogP contribution in [-0.2, 0) is 11.3 Å². The van der Waals surface area contributed by atoms with Gasteiger partial charge in [0.15, 0.2) is 10.6 Å². The van der Waals surface area contributed by atoms with E-state index < -0.39 is 0 Å². The molecule has 2 aromatic heterocycles. The summed E-state index contributed by atoms with van der Waals surface area (Å²) in [5.74, 6) is 1.41. The third kappa shape index (κ3) is 4.14. The molecule has 0 saturated heterocycles. The molecule has 1 aliphatic rings. The van der Waals surface area contributed by atoms with Gasteiger partial charge in [0.1, 0.15) is 6.04 Å². The Morgan fingerprint density at radius 1 is 1.38 bits per heavy atom. The summed E-state index contributed by atoms with van der Waals surface area (Å²) in [5.41, 5.74) is 0.481. The molecule has 1 amide bonds. The van der Waals surface area contributed by atoms with Crippen LogP contribution in [0, 0.1) is 10.7 Å². The fourth-order valence-electron chi connectivity index (χ4n) is 3.26. The number of carbonyl (C=O) groups excluding carboxylic acids is 1. The average molecular weight is 414 g/mol. The summed E-state index contributed by atoms with van der Waals surface area (Å²) in [6.45, 7) is 4.15.